The lowest BCUT2D eigenvalue weighted by atomic mass is 9.92. The molecule has 0 aromatic carbocycles. The van der Waals surface area contributed by atoms with Gasteiger partial charge in [-0.3, -0.25) is 4.79 Å². The SMILES string of the molecule is O=C(C=C1CCC1)N[C@@H]1CCCNC1. The van der Waals surface area contributed by atoms with Crippen LogP contribution in [0, 0.1) is 0 Å². The number of rotatable bonds is 2. The van der Waals surface area contributed by atoms with Crippen molar-refractivity contribution in [1.82, 2.24) is 10.6 Å². The first-order valence-electron chi connectivity index (χ1n) is 5.55. The van der Waals surface area contributed by atoms with Crippen LogP contribution >= 0.6 is 0 Å². The van der Waals surface area contributed by atoms with Gasteiger partial charge in [-0.05, 0) is 38.6 Å². The van der Waals surface area contributed by atoms with E-state index in [0.29, 0.717) is 6.04 Å². The monoisotopic (exact) mass is 194 g/mol. The third kappa shape index (κ3) is 2.58. The van der Waals surface area contributed by atoms with Crippen LogP contribution in [-0.4, -0.2) is 25.0 Å². The molecular weight excluding hydrogens is 176 g/mol. The van der Waals surface area contributed by atoms with E-state index in [2.05, 4.69) is 10.6 Å². The Morgan fingerprint density at radius 3 is 2.86 bits per heavy atom. The van der Waals surface area contributed by atoms with Gasteiger partial charge in [0.25, 0.3) is 0 Å². The van der Waals surface area contributed by atoms with Gasteiger partial charge in [0.05, 0.1) is 0 Å². The molecule has 2 N–H and O–H groups in total. The highest BCUT2D eigenvalue weighted by molar-refractivity contribution is 5.88. The summed E-state index contributed by atoms with van der Waals surface area (Å²) >= 11 is 0. The van der Waals surface area contributed by atoms with E-state index in [1.165, 1.54) is 18.4 Å². The smallest absolute Gasteiger partial charge is 0.244 e. The molecule has 1 aliphatic carbocycles. The highest BCUT2D eigenvalue weighted by Gasteiger charge is 2.15. The van der Waals surface area contributed by atoms with Gasteiger partial charge in [0.15, 0.2) is 0 Å². The number of hydrogen-bond donors (Lipinski definition) is 2. The number of nitrogens with one attached hydrogen (secondary N) is 2. The van der Waals surface area contributed by atoms with Crippen molar-refractivity contribution in [2.45, 2.75) is 38.1 Å². The average Bonchev–Trinajstić information content (AvgIpc) is 2.13. The largest absolute Gasteiger partial charge is 0.349 e. The number of carbonyl (C=O) groups excluding carboxylic acids is 1. The quantitative estimate of drug-likeness (QED) is 0.643. The van der Waals surface area contributed by atoms with E-state index < -0.39 is 0 Å². The van der Waals surface area contributed by atoms with Crippen LogP contribution in [0.4, 0.5) is 0 Å². The van der Waals surface area contributed by atoms with Crippen LogP contribution in [0.5, 0.6) is 0 Å². The summed E-state index contributed by atoms with van der Waals surface area (Å²) in [6, 6.07) is 0.341. The molecule has 1 saturated heterocycles. The standard InChI is InChI=1S/C11H18N2O/c14-11(7-9-3-1-4-9)13-10-5-2-6-12-8-10/h7,10,12H,1-6,8H2,(H,13,14)/t10-/m1/s1. The molecule has 2 rings (SSSR count). The molecule has 0 unspecified atom stereocenters. The lowest BCUT2D eigenvalue weighted by Gasteiger charge is -2.24. The molecule has 1 amide bonds. The molecule has 3 heteroatoms. The molecule has 2 aliphatic rings. The molecule has 1 heterocycles. The third-order valence-corrected chi connectivity index (χ3v) is 2.97. The molecule has 78 valence electrons. The first kappa shape index (κ1) is 9.71. The zero-order valence-electron chi connectivity index (χ0n) is 8.51. The van der Waals surface area contributed by atoms with Gasteiger partial charge in [0.2, 0.25) is 5.91 Å². The van der Waals surface area contributed by atoms with Crippen LogP contribution in [0.2, 0.25) is 0 Å². The van der Waals surface area contributed by atoms with E-state index in [1.54, 1.807) is 6.08 Å². The number of hydrogen-bond acceptors (Lipinski definition) is 2. The van der Waals surface area contributed by atoms with Crippen molar-refractivity contribution in [1.29, 1.82) is 0 Å². The fourth-order valence-electron chi connectivity index (χ4n) is 1.93. The third-order valence-electron chi connectivity index (χ3n) is 2.97. The van der Waals surface area contributed by atoms with Crippen LogP contribution in [0.1, 0.15) is 32.1 Å². The summed E-state index contributed by atoms with van der Waals surface area (Å²) in [6.45, 7) is 2.02. The maximum absolute atomic E-state index is 11.5. The molecule has 0 aromatic rings. The Morgan fingerprint density at radius 1 is 1.43 bits per heavy atom. The van der Waals surface area contributed by atoms with Crippen LogP contribution in [0.15, 0.2) is 11.6 Å². The fraction of sp³-hybridized carbons (Fsp3) is 0.727. The Hall–Kier alpha value is -0.830. The lowest BCUT2D eigenvalue weighted by Crippen LogP contribution is -2.45. The summed E-state index contributed by atoms with van der Waals surface area (Å²) in [4.78, 5) is 11.5. The van der Waals surface area contributed by atoms with Gasteiger partial charge < -0.3 is 10.6 Å². The van der Waals surface area contributed by atoms with E-state index in [0.717, 1.165) is 32.4 Å². The van der Waals surface area contributed by atoms with Gasteiger partial charge in [-0.15, -0.1) is 0 Å². The minimum atomic E-state index is 0.105. The summed E-state index contributed by atoms with van der Waals surface area (Å²) in [5, 5.41) is 6.33. The van der Waals surface area contributed by atoms with Crippen molar-refractivity contribution >= 4 is 5.91 Å². The van der Waals surface area contributed by atoms with Gasteiger partial charge in [0, 0.05) is 18.7 Å². The summed E-state index contributed by atoms with van der Waals surface area (Å²) in [7, 11) is 0. The Bertz CT molecular complexity index is 236. The average molecular weight is 194 g/mol. The lowest BCUT2D eigenvalue weighted by molar-refractivity contribution is -0.117. The highest BCUT2D eigenvalue weighted by Crippen LogP contribution is 2.24. The summed E-state index contributed by atoms with van der Waals surface area (Å²) in [5.74, 6) is 0.105. The highest BCUT2D eigenvalue weighted by atomic mass is 16.1. The topological polar surface area (TPSA) is 41.1 Å². The minimum Gasteiger partial charge on any atom is -0.349 e. The number of piperidine rings is 1. The van der Waals surface area contributed by atoms with Gasteiger partial charge in [-0.2, -0.15) is 0 Å². The van der Waals surface area contributed by atoms with Crippen LogP contribution < -0.4 is 10.6 Å². The predicted octanol–water partition coefficient (Wildman–Crippen LogP) is 0.965. The van der Waals surface area contributed by atoms with Crippen molar-refractivity contribution in [3.63, 3.8) is 0 Å². The van der Waals surface area contributed by atoms with E-state index in [1.807, 2.05) is 0 Å². The van der Waals surface area contributed by atoms with E-state index >= 15 is 0 Å². The van der Waals surface area contributed by atoms with Crippen molar-refractivity contribution in [3.8, 4) is 0 Å². The van der Waals surface area contributed by atoms with Crippen molar-refractivity contribution in [2.75, 3.05) is 13.1 Å². The van der Waals surface area contributed by atoms with Crippen molar-refractivity contribution < 1.29 is 4.79 Å². The second-order valence-electron chi connectivity index (χ2n) is 4.21. The Labute approximate surface area is 84.9 Å². The maximum Gasteiger partial charge on any atom is 0.244 e. The van der Waals surface area contributed by atoms with Gasteiger partial charge >= 0.3 is 0 Å². The van der Waals surface area contributed by atoms with E-state index in [4.69, 9.17) is 0 Å². The van der Waals surface area contributed by atoms with Gasteiger partial charge in [-0.25, -0.2) is 0 Å². The minimum absolute atomic E-state index is 0.105. The Kier molecular flexibility index (Phi) is 3.19. The molecule has 0 aromatic heterocycles. The molecule has 1 aliphatic heterocycles. The zero-order chi connectivity index (χ0) is 9.80. The number of allylic oxidation sites excluding steroid dienone is 1. The van der Waals surface area contributed by atoms with Gasteiger partial charge in [0.1, 0.15) is 0 Å². The molecule has 0 spiro atoms. The summed E-state index contributed by atoms with van der Waals surface area (Å²) in [6.07, 6.45) is 7.57. The first-order valence-corrected chi connectivity index (χ1v) is 5.55. The molecular formula is C11H18N2O. The number of amides is 1. The first-order chi connectivity index (χ1) is 6.84. The van der Waals surface area contributed by atoms with Gasteiger partial charge in [-0.1, -0.05) is 5.57 Å². The number of carbonyl (C=O) groups is 1. The molecule has 1 saturated carbocycles. The van der Waals surface area contributed by atoms with Crippen LogP contribution in [0.25, 0.3) is 0 Å². The van der Waals surface area contributed by atoms with E-state index in [9.17, 15) is 4.79 Å². The van der Waals surface area contributed by atoms with E-state index in [-0.39, 0.29) is 5.91 Å². The molecule has 0 bridgehead atoms. The van der Waals surface area contributed by atoms with Crippen LogP contribution in [0.3, 0.4) is 0 Å². The zero-order valence-corrected chi connectivity index (χ0v) is 8.51. The molecule has 2 fully saturated rings. The predicted molar refractivity (Wildman–Crippen MR) is 56.0 cm³/mol. The van der Waals surface area contributed by atoms with Crippen LogP contribution in [-0.2, 0) is 4.79 Å². The normalized spacial score (nSPS) is 26.6. The molecule has 3 nitrogen and oxygen atoms in total. The summed E-state index contributed by atoms with van der Waals surface area (Å²) < 4.78 is 0. The maximum atomic E-state index is 11.5. The second kappa shape index (κ2) is 4.60. The Morgan fingerprint density at radius 2 is 2.29 bits per heavy atom. The van der Waals surface area contributed by atoms with Crippen molar-refractivity contribution in [3.05, 3.63) is 11.6 Å². The fourth-order valence-corrected chi connectivity index (χ4v) is 1.93. The second-order valence-corrected chi connectivity index (χ2v) is 4.21. The molecule has 14 heavy (non-hydrogen) atoms. The molecule has 0 radical (unpaired) electrons. The Balaban J connectivity index is 1.75. The van der Waals surface area contributed by atoms with Crippen molar-refractivity contribution in [2.24, 2.45) is 0 Å². The molecule has 1 atom stereocenters. The summed E-state index contributed by atoms with van der Waals surface area (Å²) in [5.41, 5.74) is 1.31.